The molecule has 0 aliphatic carbocycles. The molecule has 0 aliphatic heterocycles. The summed E-state index contributed by atoms with van der Waals surface area (Å²) in [6.45, 7) is 4.83. The van der Waals surface area contributed by atoms with Crippen LogP contribution < -0.4 is 5.32 Å². The highest BCUT2D eigenvalue weighted by Gasteiger charge is 2.28. The van der Waals surface area contributed by atoms with Crippen molar-refractivity contribution in [3.05, 3.63) is 48.6 Å². The maximum Gasteiger partial charge on any atom is 0.472 e. The van der Waals surface area contributed by atoms with Crippen LogP contribution in [-0.4, -0.2) is 73.4 Å². The van der Waals surface area contributed by atoms with Gasteiger partial charge in [-0.1, -0.05) is 345 Å². The van der Waals surface area contributed by atoms with Gasteiger partial charge in [0.25, 0.3) is 0 Å². The molecule has 3 atom stereocenters. The molecular weight excluding hydrogens is 1040 g/mol. The fraction of sp³-hybridized carbons (Fsp3) is 0.878. The number of phosphoric ester groups is 1. The van der Waals surface area contributed by atoms with Gasteiger partial charge in [-0.3, -0.25) is 13.8 Å². The molecule has 0 aromatic carbocycles. The normalized spacial score (nSPS) is 13.9. The zero-order chi connectivity index (χ0) is 60.5. The van der Waals surface area contributed by atoms with E-state index in [-0.39, 0.29) is 19.1 Å². The first-order valence-electron chi connectivity index (χ1n) is 36.5. The largest absolute Gasteiger partial charge is 0.472 e. The Morgan fingerprint density at radius 2 is 0.699 bits per heavy atom. The summed E-state index contributed by atoms with van der Waals surface area (Å²) in [6, 6.07) is -0.863. The summed E-state index contributed by atoms with van der Waals surface area (Å²) in [4.78, 5) is 23.4. The molecule has 0 fully saturated rings. The van der Waals surface area contributed by atoms with Crippen molar-refractivity contribution in [1.29, 1.82) is 0 Å². The fourth-order valence-electron chi connectivity index (χ4n) is 11.1. The summed E-state index contributed by atoms with van der Waals surface area (Å²) >= 11 is 0. The number of carbonyl (C=O) groups is 1. The van der Waals surface area contributed by atoms with Crippen LogP contribution in [0, 0.1) is 0 Å². The number of unbranched alkanes of at least 4 members (excludes halogenated alkanes) is 49. The van der Waals surface area contributed by atoms with Crippen LogP contribution in [-0.2, 0) is 18.4 Å². The number of aliphatic hydroxyl groups excluding tert-OH is 1. The molecule has 0 radical (unpaired) electrons. The lowest BCUT2D eigenvalue weighted by molar-refractivity contribution is -0.870. The SMILES string of the molecule is CCCCCCC/C=C\C/C=C\CCCCCCCCCCCCCCCCCCCCCCCCCCCCCCCC(=O)NC(COP(=O)(O)OCC[N+](C)(C)C)C(O)/C=C/CC/C=C/CCCCCCCCCCCCCCCC. The van der Waals surface area contributed by atoms with Crippen molar-refractivity contribution in [2.75, 3.05) is 40.9 Å². The third kappa shape index (κ3) is 67.8. The highest BCUT2D eigenvalue weighted by molar-refractivity contribution is 7.47. The monoisotopic (exact) mass is 1190 g/mol. The van der Waals surface area contributed by atoms with Crippen LogP contribution >= 0.6 is 7.82 Å². The average molecular weight is 1190 g/mol. The predicted octanol–water partition coefficient (Wildman–Crippen LogP) is 23.4. The molecule has 3 unspecified atom stereocenters. The number of allylic oxidation sites excluding steroid dienone is 7. The highest BCUT2D eigenvalue weighted by atomic mass is 31.2. The van der Waals surface area contributed by atoms with Crippen LogP contribution in [0.3, 0.4) is 0 Å². The molecule has 1 amide bonds. The molecule has 0 aliphatic rings. The quantitative estimate of drug-likeness (QED) is 0.0243. The second-order valence-electron chi connectivity index (χ2n) is 26.3. The molecule has 0 saturated heterocycles. The molecule has 83 heavy (non-hydrogen) atoms. The van der Waals surface area contributed by atoms with E-state index in [2.05, 4.69) is 55.6 Å². The van der Waals surface area contributed by atoms with Crippen LogP contribution in [0.4, 0.5) is 0 Å². The zero-order valence-corrected chi connectivity index (χ0v) is 57.1. The van der Waals surface area contributed by atoms with Crippen molar-refractivity contribution < 1.29 is 32.9 Å². The molecule has 8 nitrogen and oxygen atoms in total. The van der Waals surface area contributed by atoms with Crippen molar-refractivity contribution in [3.8, 4) is 0 Å². The van der Waals surface area contributed by atoms with Gasteiger partial charge in [-0.25, -0.2) is 4.57 Å². The standard InChI is InChI=1S/C74H143N2O6P/c1-6-8-10-12-14-16-18-20-22-24-26-28-29-30-31-32-33-34-35-36-37-38-39-40-41-42-43-44-45-46-47-48-50-52-54-56-58-60-62-64-66-68-74(78)75-72(71-82-83(79,80)81-70-69-76(3,4)5)73(77)67-65-63-61-59-57-55-53-51-49-27-25-23-21-19-17-15-13-11-9-7-2/h18,20,24,26,57,59,65,67,72-73,77H,6-17,19,21-23,25,27-56,58,60-64,66,68-71H2,1-5H3,(H-,75,78,79,80)/p+1/b20-18-,26-24-,59-57+,67-65+. The summed E-state index contributed by atoms with van der Waals surface area (Å²) in [5, 5.41) is 14.0. The molecule has 0 aromatic rings. The number of phosphoric acid groups is 1. The molecule has 0 spiro atoms. The van der Waals surface area contributed by atoms with Gasteiger partial charge in [0.1, 0.15) is 13.2 Å². The predicted molar refractivity (Wildman–Crippen MR) is 364 cm³/mol. The second kappa shape index (κ2) is 64.9. The van der Waals surface area contributed by atoms with Crippen molar-refractivity contribution in [1.82, 2.24) is 5.32 Å². The minimum absolute atomic E-state index is 0.0579. The number of nitrogens with zero attached hydrogens (tertiary/aromatic N) is 1. The average Bonchev–Trinajstić information content (AvgIpc) is 3.49. The van der Waals surface area contributed by atoms with Gasteiger partial charge in [-0.15, -0.1) is 0 Å². The summed E-state index contributed by atoms with van der Waals surface area (Å²) in [5.41, 5.74) is 0. The Bertz CT molecular complexity index is 1490. The molecule has 3 N–H and O–H groups in total. The van der Waals surface area contributed by atoms with Gasteiger partial charge in [0, 0.05) is 6.42 Å². The van der Waals surface area contributed by atoms with E-state index in [1.807, 2.05) is 27.2 Å². The number of aliphatic hydroxyl groups is 1. The number of nitrogens with one attached hydrogen (secondary N) is 1. The summed E-state index contributed by atoms with van der Waals surface area (Å²) in [5.74, 6) is -0.179. The van der Waals surface area contributed by atoms with Gasteiger partial charge in [-0.2, -0.15) is 0 Å². The maximum atomic E-state index is 13.0. The Hall–Kier alpha value is -1.54. The van der Waals surface area contributed by atoms with Crippen molar-refractivity contribution in [3.63, 3.8) is 0 Å². The Labute approximate surface area is 518 Å². The smallest absolute Gasteiger partial charge is 0.387 e. The number of likely N-dealkylation sites (N-methyl/N-ethyl adjacent to an activating group) is 1. The first-order chi connectivity index (χ1) is 40.5. The van der Waals surface area contributed by atoms with E-state index in [0.717, 1.165) is 44.9 Å². The lowest BCUT2D eigenvalue weighted by Crippen LogP contribution is -2.45. The Kier molecular flexibility index (Phi) is 63.7. The van der Waals surface area contributed by atoms with Gasteiger partial charge in [-0.05, 0) is 64.2 Å². The van der Waals surface area contributed by atoms with Gasteiger partial charge < -0.3 is 19.8 Å². The van der Waals surface area contributed by atoms with E-state index < -0.39 is 20.0 Å². The number of rotatable bonds is 68. The van der Waals surface area contributed by atoms with E-state index in [4.69, 9.17) is 9.05 Å². The lowest BCUT2D eigenvalue weighted by Gasteiger charge is -2.25. The Morgan fingerprint density at radius 3 is 1.04 bits per heavy atom. The summed E-state index contributed by atoms with van der Waals surface area (Å²) in [6.07, 6.45) is 88.6. The zero-order valence-electron chi connectivity index (χ0n) is 56.2. The van der Waals surface area contributed by atoms with Crippen molar-refractivity contribution >= 4 is 13.7 Å². The molecule has 0 heterocycles. The second-order valence-corrected chi connectivity index (χ2v) is 27.8. The summed E-state index contributed by atoms with van der Waals surface area (Å²) in [7, 11) is 1.57. The summed E-state index contributed by atoms with van der Waals surface area (Å²) < 4.78 is 23.8. The maximum absolute atomic E-state index is 13.0. The van der Waals surface area contributed by atoms with E-state index in [0.29, 0.717) is 17.4 Å². The van der Waals surface area contributed by atoms with E-state index >= 15 is 0 Å². The molecule has 0 bridgehead atoms. The number of hydrogen-bond acceptors (Lipinski definition) is 5. The first-order valence-corrected chi connectivity index (χ1v) is 38.0. The molecule has 9 heteroatoms. The van der Waals surface area contributed by atoms with Crippen LogP contribution in [0.2, 0.25) is 0 Å². The molecule has 0 aromatic heterocycles. The van der Waals surface area contributed by atoms with E-state index in [9.17, 15) is 19.4 Å². The van der Waals surface area contributed by atoms with Crippen LogP contribution in [0.1, 0.15) is 367 Å². The van der Waals surface area contributed by atoms with Crippen LogP contribution in [0.15, 0.2) is 48.6 Å². The third-order valence-electron chi connectivity index (χ3n) is 16.8. The molecule has 0 saturated carbocycles. The number of amides is 1. The van der Waals surface area contributed by atoms with E-state index in [1.54, 1.807) is 6.08 Å². The minimum atomic E-state index is -4.36. The van der Waals surface area contributed by atoms with Crippen LogP contribution in [0.5, 0.6) is 0 Å². The Balaban J connectivity index is 3.91. The van der Waals surface area contributed by atoms with Gasteiger partial charge in [0.2, 0.25) is 5.91 Å². The molecule has 0 rings (SSSR count). The fourth-order valence-corrected chi connectivity index (χ4v) is 11.8. The Morgan fingerprint density at radius 1 is 0.410 bits per heavy atom. The highest BCUT2D eigenvalue weighted by Crippen LogP contribution is 2.43. The number of carbonyl (C=O) groups excluding carboxylic acids is 1. The molecule has 490 valence electrons. The van der Waals surface area contributed by atoms with Crippen LogP contribution in [0.25, 0.3) is 0 Å². The van der Waals surface area contributed by atoms with Gasteiger partial charge >= 0.3 is 7.82 Å². The van der Waals surface area contributed by atoms with Crippen molar-refractivity contribution in [2.45, 2.75) is 379 Å². The lowest BCUT2D eigenvalue weighted by atomic mass is 10.0. The van der Waals surface area contributed by atoms with E-state index in [1.165, 1.54) is 302 Å². The minimum Gasteiger partial charge on any atom is -0.387 e. The topological polar surface area (TPSA) is 105 Å². The molecular formula is C74H144N2O6P+. The first kappa shape index (κ1) is 81.5. The number of quaternary nitrogens is 1. The number of hydrogen-bond donors (Lipinski definition) is 3. The van der Waals surface area contributed by atoms with Crippen molar-refractivity contribution in [2.24, 2.45) is 0 Å². The van der Waals surface area contributed by atoms with Gasteiger partial charge in [0.05, 0.1) is 39.9 Å². The van der Waals surface area contributed by atoms with Gasteiger partial charge in [0.15, 0.2) is 0 Å². The third-order valence-corrected chi connectivity index (χ3v) is 17.8.